The lowest BCUT2D eigenvalue weighted by Gasteiger charge is -2.27. The Bertz CT molecular complexity index is 163. The zero-order chi connectivity index (χ0) is 8.97. The standard InChI is InChI=1S/C8H17NO2S/c1-12(11)9-8-4-2-3-7(5-8)6-10/h7-10H,2-6H2,1H3. The summed E-state index contributed by atoms with van der Waals surface area (Å²) in [7, 11) is -0.912. The Hall–Kier alpha value is 0.0700. The first-order valence-electron chi connectivity index (χ1n) is 4.43. The monoisotopic (exact) mass is 191 g/mol. The van der Waals surface area contributed by atoms with Gasteiger partial charge in [0.15, 0.2) is 0 Å². The van der Waals surface area contributed by atoms with Gasteiger partial charge in [-0.15, -0.1) is 0 Å². The van der Waals surface area contributed by atoms with E-state index in [4.69, 9.17) is 5.11 Å². The molecule has 0 radical (unpaired) electrons. The van der Waals surface area contributed by atoms with Crippen LogP contribution in [0.15, 0.2) is 0 Å². The van der Waals surface area contributed by atoms with Crippen LogP contribution in [0.25, 0.3) is 0 Å². The van der Waals surface area contributed by atoms with Crippen LogP contribution < -0.4 is 4.72 Å². The molecule has 0 spiro atoms. The van der Waals surface area contributed by atoms with Crippen molar-refractivity contribution in [1.82, 2.24) is 4.72 Å². The number of aliphatic hydroxyl groups is 1. The largest absolute Gasteiger partial charge is 0.396 e. The van der Waals surface area contributed by atoms with E-state index in [1.165, 1.54) is 0 Å². The van der Waals surface area contributed by atoms with Gasteiger partial charge < -0.3 is 5.11 Å². The van der Waals surface area contributed by atoms with Gasteiger partial charge >= 0.3 is 0 Å². The van der Waals surface area contributed by atoms with Crippen LogP contribution in [0.3, 0.4) is 0 Å². The van der Waals surface area contributed by atoms with E-state index in [1.54, 1.807) is 6.26 Å². The quantitative estimate of drug-likeness (QED) is 0.679. The van der Waals surface area contributed by atoms with Gasteiger partial charge in [-0.1, -0.05) is 6.42 Å². The lowest BCUT2D eigenvalue weighted by atomic mass is 9.87. The third-order valence-corrected chi connectivity index (χ3v) is 3.04. The summed E-state index contributed by atoms with van der Waals surface area (Å²) in [6.45, 7) is 0.272. The minimum Gasteiger partial charge on any atom is -0.396 e. The van der Waals surface area contributed by atoms with Crippen LogP contribution in [0.5, 0.6) is 0 Å². The Balaban J connectivity index is 2.30. The van der Waals surface area contributed by atoms with E-state index >= 15 is 0 Å². The molecule has 0 aliphatic heterocycles. The lowest BCUT2D eigenvalue weighted by molar-refractivity contribution is 0.177. The van der Waals surface area contributed by atoms with Crippen LogP contribution in [0.2, 0.25) is 0 Å². The molecule has 12 heavy (non-hydrogen) atoms. The first-order valence-corrected chi connectivity index (χ1v) is 5.98. The fourth-order valence-corrected chi connectivity index (χ4v) is 2.48. The third kappa shape index (κ3) is 3.21. The highest BCUT2D eigenvalue weighted by Crippen LogP contribution is 2.23. The third-order valence-electron chi connectivity index (χ3n) is 2.37. The predicted octanol–water partition coefficient (Wildman–Crippen LogP) is 0.421. The number of rotatable bonds is 3. The molecule has 0 aromatic carbocycles. The fourth-order valence-electron chi connectivity index (χ4n) is 1.80. The molecule has 1 fully saturated rings. The lowest BCUT2D eigenvalue weighted by Crippen LogP contribution is -2.35. The van der Waals surface area contributed by atoms with Gasteiger partial charge in [0.2, 0.25) is 0 Å². The summed E-state index contributed by atoms with van der Waals surface area (Å²) < 4.78 is 13.9. The average molecular weight is 191 g/mol. The van der Waals surface area contributed by atoms with Gasteiger partial charge in [-0.3, -0.25) is 0 Å². The molecule has 2 N–H and O–H groups in total. The summed E-state index contributed by atoms with van der Waals surface area (Å²) in [4.78, 5) is 0. The maximum Gasteiger partial charge on any atom is 0.0886 e. The van der Waals surface area contributed by atoms with E-state index in [1.807, 2.05) is 0 Å². The minimum absolute atomic E-state index is 0.272. The fraction of sp³-hybridized carbons (Fsp3) is 1.00. The summed E-state index contributed by atoms with van der Waals surface area (Å²) in [5.41, 5.74) is 0. The second-order valence-corrected chi connectivity index (χ2v) is 4.63. The Morgan fingerprint density at radius 2 is 2.33 bits per heavy atom. The molecule has 0 heterocycles. The van der Waals surface area contributed by atoms with Crippen molar-refractivity contribution in [2.24, 2.45) is 5.92 Å². The zero-order valence-corrected chi connectivity index (χ0v) is 8.27. The first-order chi connectivity index (χ1) is 5.72. The molecule has 3 unspecified atom stereocenters. The van der Waals surface area contributed by atoms with Crippen LogP contribution >= 0.6 is 0 Å². The van der Waals surface area contributed by atoms with Crippen molar-refractivity contribution in [3.63, 3.8) is 0 Å². The van der Waals surface area contributed by atoms with Gasteiger partial charge in [-0.2, -0.15) is 0 Å². The van der Waals surface area contributed by atoms with E-state index in [2.05, 4.69) is 4.72 Å². The highest BCUT2D eigenvalue weighted by Gasteiger charge is 2.21. The molecule has 1 rings (SSSR count). The summed E-state index contributed by atoms with van der Waals surface area (Å²) in [5, 5.41) is 8.94. The Kier molecular flexibility index (Phi) is 4.18. The van der Waals surface area contributed by atoms with Gasteiger partial charge in [-0.25, -0.2) is 8.93 Å². The number of aliphatic hydroxyl groups excluding tert-OH is 1. The Labute approximate surface area is 76.1 Å². The van der Waals surface area contributed by atoms with E-state index in [9.17, 15) is 4.21 Å². The molecule has 1 saturated carbocycles. The molecule has 0 aromatic heterocycles. The van der Waals surface area contributed by atoms with Gasteiger partial charge in [0, 0.05) is 18.9 Å². The summed E-state index contributed by atoms with van der Waals surface area (Å²) in [6, 6.07) is 0.349. The summed E-state index contributed by atoms with van der Waals surface area (Å²) in [6.07, 6.45) is 5.97. The first kappa shape index (κ1) is 10.2. The molecule has 0 bridgehead atoms. The second kappa shape index (κ2) is 4.94. The van der Waals surface area contributed by atoms with Gasteiger partial charge in [-0.05, 0) is 25.2 Å². The molecular formula is C8H17NO2S. The molecule has 3 atom stereocenters. The number of nitrogens with one attached hydrogen (secondary N) is 1. The summed E-state index contributed by atoms with van der Waals surface area (Å²) >= 11 is 0. The van der Waals surface area contributed by atoms with E-state index in [-0.39, 0.29) is 6.61 Å². The van der Waals surface area contributed by atoms with Crippen molar-refractivity contribution in [3.8, 4) is 0 Å². The van der Waals surface area contributed by atoms with Crippen LogP contribution in [-0.4, -0.2) is 28.2 Å². The molecule has 4 heteroatoms. The topological polar surface area (TPSA) is 49.3 Å². The van der Waals surface area contributed by atoms with E-state index in [0.29, 0.717) is 12.0 Å². The molecule has 0 aromatic rings. The maximum atomic E-state index is 10.8. The predicted molar refractivity (Wildman–Crippen MR) is 50.0 cm³/mol. The normalized spacial score (nSPS) is 33.2. The van der Waals surface area contributed by atoms with Crippen LogP contribution in [-0.2, 0) is 11.0 Å². The molecule has 1 aliphatic rings. The van der Waals surface area contributed by atoms with Crippen molar-refractivity contribution < 1.29 is 9.32 Å². The molecule has 72 valence electrons. The SMILES string of the molecule is CS(=O)NC1CCCC(CO)C1. The van der Waals surface area contributed by atoms with E-state index < -0.39 is 11.0 Å². The number of hydrogen-bond donors (Lipinski definition) is 2. The highest BCUT2D eigenvalue weighted by atomic mass is 32.2. The van der Waals surface area contributed by atoms with Crippen molar-refractivity contribution in [2.45, 2.75) is 31.7 Å². The highest BCUT2D eigenvalue weighted by molar-refractivity contribution is 7.82. The Morgan fingerprint density at radius 1 is 1.58 bits per heavy atom. The van der Waals surface area contributed by atoms with Crippen LogP contribution in [0.1, 0.15) is 25.7 Å². The Morgan fingerprint density at radius 3 is 2.92 bits per heavy atom. The van der Waals surface area contributed by atoms with Crippen molar-refractivity contribution in [1.29, 1.82) is 0 Å². The molecular weight excluding hydrogens is 174 g/mol. The minimum atomic E-state index is -0.912. The van der Waals surface area contributed by atoms with Crippen molar-refractivity contribution >= 4 is 11.0 Å². The summed E-state index contributed by atoms with van der Waals surface area (Å²) in [5.74, 6) is 0.416. The molecule has 0 saturated heterocycles. The van der Waals surface area contributed by atoms with Crippen LogP contribution in [0.4, 0.5) is 0 Å². The van der Waals surface area contributed by atoms with Crippen molar-refractivity contribution in [2.75, 3.05) is 12.9 Å². The van der Waals surface area contributed by atoms with E-state index in [0.717, 1.165) is 25.7 Å². The van der Waals surface area contributed by atoms with Gasteiger partial charge in [0.05, 0.1) is 11.0 Å². The van der Waals surface area contributed by atoms with Crippen LogP contribution in [0, 0.1) is 5.92 Å². The molecule has 0 amide bonds. The van der Waals surface area contributed by atoms with Gasteiger partial charge in [0.25, 0.3) is 0 Å². The molecule has 1 aliphatic carbocycles. The smallest absolute Gasteiger partial charge is 0.0886 e. The number of hydrogen-bond acceptors (Lipinski definition) is 2. The maximum absolute atomic E-state index is 10.8. The zero-order valence-electron chi connectivity index (χ0n) is 7.45. The average Bonchev–Trinajstić information content (AvgIpc) is 2.03. The van der Waals surface area contributed by atoms with Crippen molar-refractivity contribution in [3.05, 3.63) is 0 Å². The molecule has 3 nitrogen and oxygen atoms in total. The van der Waals surface area contributed by atoms with Gasteiger partial charge in [0.1, 0.15) is 0 Å². The second-order valence-electron chi connectivity index (χ2n) is 3.48.